The van der Waals surface area contributed by atoms with Gasteiger partial charge in [-0.25, -0.2) is 0 Å². The van der Waals surface area contributed by atoms with Crippen LogP contribution in [0.3, 0.4) is 0 Å². The number of ketones is 1. The summed E-state index contributed by atoms with van der Waals surface area (Å²) in [6.07, 6.45) is 1.14. The highest BCUT2D eigenvalue weighted by molar-refractivity contribution is 7.18. The zero-order chi connectivity index (χ0) is 21.3. The van der Waals surface area contributed by atoms with Gasteiger partial charge < -0.3 is 15.4 Å². The maximum absolute atomic E-state index is 13.2. The van der Waals surface area contributed by atoms with Gasteiger partial charge in [-0.1, -0.05) is 17.7 Å². The van der Waals surface area contributed by atoms with E-state index in [1.807, 2.05) is 18.0 Å². The van der Waals surface area contributed by atoms with Crippen LogP contribution in [0.5, 0.6) is 0 Å². The molecule has 1 aromatic carbocycles. The predicted molar refractivity (Wildman–Crippen MR) is 116 cm³/mol. The normalized spacial score (nSPS) is 21.7. The van der Waals surface area contributed by atoms with E-state index in [9.17, 15) is 14.4 Å². The Kier molecular flexibility index (Phi) is 5.92. The summed E-state index contributed by atoms with van der Waals surface area (Å²) in [6.45, 7) is 1.61. The van der Waals surface area contributed by atoms with Crippen LogP contribution < -0.4 is 10.6 Å². The quantitative estimate of drug-likeness (QED) is 0.752. The maximum atomic E-state index is 13.2. The van der Waals surface area contributed by atoms with Gasteiger partial charge in [-0.05, 0) is 43.3 Å². The fourth-order valence-electron chi connectivity index (χ4n) is 3.72. The van der Waals surface area contributed by atoms with Gasteiger partial charge in [-0.15, -0.1) is 11.3 Å². The topological polar surface area (TPSA) is 87.7 Å². The van der Waals surface area contributed by atoms with Crippen molar-refractivity contribution < 1.29 is 19.1 Å². The number of nitrogens with one attached hydrogen (secondary N) is 2. The zero-order valence-electron chi connectivity index (χ0n) is 16.5. The smallest absolute Gasteiger partial charge is 0.262 e. The van der Waals surface area contributed by atoms with Crippen molar-refractivity contribution in [3.63, 3.8) is 0 Å². The number of carbonyl (C=O) groups is 3. The van der Waals surface area contributed by atoms with E-state index >= 15 is 0 Å². The minimum atomic E-state index is -1.18. The van der Waals surface area contributed by atoms with Crippen LogP contribution in [0.1, 0.15) is 32.0 Å². The molecule has 2 aromatic rings. The van der Waals surface area contributed by atoms with Crippen molar-refractivity contribution in [1.29, 1.82) is 0 Å². The molecule has 4 rings (SSSR count). The van der Waals surface area contributed by atoms with Gasteiger partial charge in [0.25, 0.3) is 11.8 Å². The van der Waals surface area contributed by atoms with Crippen molar-refractivity contribution in [2.45, 2.75) is 18.4 Å². The third-order valence-electron chi connectivity index (χ3n) is 5.45. The number of fused-ring (bicyclic) bond motifs is 1. The van der Waals surface area contributed by atoms with Gasteiger partial charge in [-0.2, -0.15) is 0 Å². The second-order valence-electron chi connectivity index (χ2n) is 7.68. The summed E-state index contributed by atoms with van der Waals surface area (Å²) >= 11 is 7.07. The first kappa shape index (κ1) is 21.0. The summed E-state index contributed by atoms with van der Waals surface area (Å²) in [5, 5.41) is 5.70. The Balaban J connectivity index is 1.53. The fraction of sp³-hybridized carbons (Fsp3) is 0.381. The van der Waals surface area contributed by atoms with Crippen molar-refractivity contribution in [3.8, 4) is 0 Å². The molecule has 2 amide bonds. The number of halogens is 1. The number of anilines is 1. The zero-order valence-corrected chi connectivity index (χ0v) is 18.1. The molecular formula is C21H22ClN3O4S. The highest BCUT2D eigenvalue weighted by Crippen LogP contribution is 2.26. The first-order valence-corrected chi connectivity index (χ1v) is 10.9. The van der Waals surface area contributed by atoms with Gasteiger partial charge in [0.05, 0.1) is 22.4 Å². The van der Waals surface area contributed by atoms with Gasteiger partial charge in [0.15, 0.2) is 5.78 Å². The SMILES string of the molecule is CN1CCc2ccc(NC(=O)C3(NC(=O)c4ccc(Cl)s4)CCOC3)cc2C(=O)C1. The second kappa shape index (κ2) is 8.47. The van der Waals surface area contributed by atoms with E-state index in [2.05, 4.69) is 10.6 Å². The lowest BCUT2D eigenvalue weighted by Gasteiger charge is -2.27. The van der Waals surface area contributed by atoms with Crippen molar-refractivity contribution in [2.24, 2.45) is 0 Å². The van der Waals surface area contributed by atoms with E-state index in [1.54, 1.807) is 24.3 Å². The van der Waals surface area contributed by atoms with Gasteiger partial charge in [0, 0.05) is 30.8 Å². The van der Waals surface area contributed by atoms with Crippen molar-refractivity contribution in [1.82, 2.24) is 10.2 Å². The number of nitrogens with zero attached hydrogens (tertiary/aromatic N) is 1. The molecule has 1 unspecified atom stereocenters. The summed E-state index contributed by atoms with van der Waals surface area (Å²) in [5.41, 5.74) is 0.955. The third-order valence-corrected chi connectivity index (χ3v) is 6.68. The molecular weight excluding hydrogens is 426 g/mol. The average molecular weight is 448 g/mol. The molecule has 1 atom stereocenters. The molecule has 0 aliphatic carbocycles. The van der Waals surface area contributed by atoms with E-state index < -0.39 is 5.54 Å². The lowest BCUT2D eigenvalue weighted by Crippen LogP contribution is -2.57. The molecule has 0 radical (unpaired) electrons. The molecule has 2 N–H and O–H groups in total. The molecule has 3 heterocycles. The molecule has 0 bridgehead atoms. The first-order valence-electron chi connectivity index (χ1n) is 9.68. The molecule has 1 fully saturated rings. The number of carbonyl (C=O) groups excluding carboxylic acids is 3. The van der Waals surface area contributed by atoms with Crippen molar-refractivity contribution in [2.75, 3.05) is 38.7 Å². The molecule has 0 saturated carbocycles. The first-order chi connectivity index (χ1) is 14.4. The second-order valence-corrected chi connectivity index (χ2v) is 9.39. The molecule has 9 heteroatoms. The van der Waals surface area contributed by atoms with E-state index in [1.165, 1.54) is 0 Å². The van der Waals surface area contributed by atoms with E-state index in [0.29, 0.717) is 40.0 Å². The molecule has 2 aliphatic rings. The number of rotatable bonds is 4. The van der Waals surface area contributed by atoms with Crippen molar-refractivity contribution in [3.05, 3.63) is 50.7 Å². The Morgan fingerprint density at radius 1 is 1.27 bits per heavy atom. The highest BCUT2D eigenvalue weighted by atomic mass is 35.5. The molecule has 1 aromatic heterocycles. The Hall–Kier alpha value is -2.26. The van der Waals surface area contributed by atoms with Crippen LogP contribution >= 0.6 is 22.9 Å². The van der Waals surface area contributed by atoms with Crippen molar-refractivity contribution >= 4 is 46.2 Å². The van der Waals surface area contributed by atoms with Crippen LogP contribution in [-0.4, -0.2) is 61.4 Å². The van der Waals surface area contributed by atoms with Crippen LogP contribution in [0.4, 0.5) is 5.69 Å². The van der Waals surface area contributed by atoms with Crippen LogP contribution in [0.25, 0.3) is 0 Å². The number of Topliss-reactive ketones (excluding diaryl/α,β-unsaturated/α-hetero) is 1. The van der Waals surface area contributed by atoms with E-state index in [4.69, 9.17) is 16.3 Å². The largest absolute Gasteiger partial charge is 0.378 e. The number of thiophene rings is 1. The molecule has 1 saturated heterocycles. The van der Waals surface area contributed by atoms with Crippen LogP contribution in [0.2, 0.25) is 4.34 Å². The standard InChI is InChI=1S/C21H22ClN3O4S/c1-25-8-6-13-2-3-14(10-15(13)16(26)11-25)23-20(28)21(7-9-29-12-21)24-19(27)17-4-5-18(22)30-17/h2-5,10H,6-9,11-12H2,1H3,(H,23,28)(H,24,27). The number of hydrogen-bond acceptors (Lipinski definition) is 6. The summed E-state index contributed by atoms with van der Waals surface area (Å²) < 4.78 is 5.94. The maximum Gasteiger partial charge on any atom is 0.262 e. The number of hydrogen-bond donors (Lipinski definition) is 2. The summed E-state index contributed by atoms with van der Waals surface area (Å²) in [5.74, 6) is -0.704. The Morgan fingerprint density at radius 2 is 2.10 bits per heavy atom. The van der Waals surface area contributed by atoms with Gasteiger partial charge >= 0.3 is 0 Å². The Bertz CT molecular complexity index is 1000. The summed E-state index contributed by atoms with van der Waals surface area (Å²) in [4.78, 5) is 40.7. The summed E-state index contributed by atoms with van der Waals surface area (Å²) in [7, 11) is 1.92. The highest BCUT2D eigenvalue weighted by Gasteiger charge is 2.44. The fourth-order valence-corrected chi connectivity index (χ4v) is 4.66. The lowest BCUT2D eigenvalue weighted by molar-refractivity contribution is -0.122. The molecule has 30 heavy (non-hydrogen) atoms. The third kappa shape index (κ3) is 4.27. The van der Waals surface area contributed by atoms with Crippen LogP contribution in [0.15, 0.2) is 30.3 Å². The van der Waals surface area contributed by atoms with Gasteiger partial charge in [-0.3, -0.25) is 19.3 Å². The lowest BCUT2D eigenvalue weighted by atomic mass is 9.96. The Morgan fingerprint density at radius 3 is 2.80 bits per heavy atom. The van der Waals surface area contributed by atoms with Crippen LogP contribution in [0, 0.1) is 0 Å². The molecule has 158 valence electrons. The molecule has 7 nitrogen and oxygen atoms in total. The monoisotopic (exact) mass is 447 g/mol. The Labute approximate surface area is 183 Å². The predicted octanol–water partition coefficient (Wildman–Crippen LogP) is 2.60. The number of likely N-dealkylation sites (N-methyl/N-ethyl adjacent to an activating group) is 1. The molecule has 2 aliphatic heterocycles. The minimum Gasteiger partial charge on any atom is -0.378 e. The van der Waals surface area contributed by atoms with E-state index in [0.717, 1.165) is 29.9 Å². The number of amides is 2. The van der Waals surface area contributed by atoms with E-state index in [-0.39, 0.29) is 24.2 Å². The van der Waals surface area contributed by atoms with Crippen LogP contribution in [-0.2, 0) is 16.0 Å². The molecule has 0 spiro atoms. The number of benzene rings is 1. The minimum absolute atomic E-state index is 0.0305. The summed E-state index contributed by atoms with van der Waals surface area (Å²) in [6, 6.07) is 8.66. The number of ether oxygens (including phenoxy) is 1. The van der Waals surface area contributed by atoms with Gasteiger partial charge in [0.2, 0.25) is 0 Å². The van der Waals surface area contributed by atoms with Gasteiger partial charge in [0.1, 0.15) is 5.54 Å². The average Bonchev–Trinajstić information content (AvgIpc) is 3.33.